The van der Waals surface area contributed by atoms with Crippen molar-refractivity contribution in [3.63, 3.8) is 0 Å². The summed E-state index contributed by atoms with van der Waals surface area (Å²) >= 11 is 0. The summed E-state index contributed by atoms with van der Waals surface area (Å²) in [5.74, 6) is -0.0648. The predicted molar refractivity (Wildman–Crippen MR) is 73.0 cm³/mol. The van der Waals surface area contributed by atoms with Crippen molar-refractivity contribution in [1.82, 2.24) is 4.90 Å². The highest BCUT2D eigenvalue weighted by Crippen LogP contribution is 2.25. The van der Waals surface area contributed by atoms with E-state index >= 15 is 0 Å². The van der Waals surface area contributed by atoms with Crippen molar-refractivity contribution in [3.05, 3.63) is 29.6 Å². The molecule has 110 valence electrons. The zero-order chi connectivity index (χ0) is 14.7. The van der Waals surface area contributed by atoms with Crippen molar-refractivity contribution in [1.29, 1.82) is 0 Å². The van der Waals surface area contributed by atoms with Gasteiger partial charge in [-0.2, -0.15) is 0 Å². The minimum atomic E-state index is -0.466. The molecular weight excluding hydrogens is 261 g/mol. The fourth-order valence-electron chi connectivity index (χ4n) is 2.69. The molecule has 0 radical (unpaired) electrons. The Morgan fingerprint density at radius 2 is 2.30 bits per heavy atom. The molecule has 1 saturated heterocycles. The van der Waals surface area contributed by atoms with Crippen LogP contribution in [-0.2, 0) is 11.2 Å². The van der Waals surface area contributed by atoms with Crippen LogP contribution in [0.25, 0.3) is 0 Å². The maximum atomic E-state index is 13.6. The summed E-state index contributed by atoms with van der Waals surface area (Å²) in [5.41, 5.74) is 0.615. The largest absolute Gasteiger partial charge is 0.494 e. The lowest BCUT2D eigenvalue weighted by molar-refractivity contribution is -0.132. The van der Waals surface area contributed by atoms with Gasteiger partial charge in [-0.25, -0.2) is 4.39 Å². The van der Waals surface area contributed by atoms with Crippen LogP contribution in [0.5, 0.6) is 5.75 Å². The summed E-state index contributed by atoms with van der Waals surface area (Å²) < 4.78 is 18.4. The van der Waals surface area contributed by atoms with Gasteiger partial charge in [0.1, 0.15) is 0 Å². The normalized spacial score (nSPS) is 22.1. The van der Waals surface area contributed by atoms with Gasteiger partial charge in [0.25, 0.3) is 0 Å². The molecule has 0 saturated carbocycles. The number of likely N-dealkylation sites (tertiary alicyclic amines) is 1. The van der Waals surface area contributed by atoms with Crippen LogP contribution >= 0.6 is 0 Å². The van der Waals surface area contributed by atoms with E-state index in [0.717, 1.165) is 6.42 Å². The molecule has 0 aromatic heterocycles. The number of hydrogen-bond donors (Lipinski definition) is 1. The van der Waals surface area contributed by atoms with Gasteiger partial charge in [-0.1, -0.05) is 13.0 Å². The Bertz CT molecular complexity index is 492. The average Bonchev–Trinajstić information content (AvgIpc) is 2.80. The summed E-state index contributed by atoms with van der Waals surface area (Å²) in [7, 11) is 1.40. The first-order chi connectivity index (χ1) is 9.56. The standard InChI is InChI=1S/C15H20FNO3/c1-10-5-6-17(13(10)9-18)15(19)8-11-3-4-14(20-2)12(16)7-11/h3-4,7,10,13,18H,5-6,8-9H2,1-2H3. The zero-order valence-corrected chi connectivity index (χ0v) is 11.8. The number of aliphatic hydroxyl groups excluding tert-OH is 1. The monoisotopic (exact) mass is 281 g/mol. The second kappa shape index (κ2) is 6.22. The van der Waals surface area contributed by atoms with E-state index in [1.54, 1.807) is 11.0 Å². The first-order valence-corrected chi connectivity index (χ1v) is 6.79. The number of carbonyl (C=O) groups excluding carboxylic acids is 1. The number of benzene rings is 1. The number of aliphatic hydroxyl groups is 1. The Morgan fingerprint density at radius 1 is 1.55 bits per heavy atom. The molecule has 0 spiro atoms. The van der Waals surface area contributed by atoms with E-state index in [9.17, 15) is 14.3 Å². The molecule has 1 aliphatic rings. The summed E-state index contributed by atoms with van der Waals surface area (Å²) in [6.45, 7) is 2.66. The molecule has 2 rings (SSSR count). The third-order valence-electron chi connectivity index (χ3n) is 3.96. The molecular formula is C15H20FNO3. The third kappa shape index (κ3) is 2.93. The van der Waals surface area contributed by atoms with E-state index in [4.69, 9.17) is 4.74 Å². The number of hydrogen-bond acceptors (Lipinski definition) is 3. The Balaban J connectivity index is 2.06. The van der Waals surface area contributed by atoms with Crippen molar-refractivity contribution < 1.29 is 19.0 Å². The van der Waals surface area contributed by atoms with Gasteiger partial charge in [0, 0.05) is 6.54 Å². The predicted octanol–water partition coefficient (Wildman–Crippen LogP) is 1.61. The van der Waals surface area contributed by atoms with E-state index < -0.39 is 5.82 Å². The van der Waals surface area contributed by atoms with Gasteiger partial charge in [-0.05, 0) is 30.0 Å². The molecule has 1 fully saturated rings. The molecule has 1 N–H and O–H groups in total. The molecule has 20 heavy (non-hydrogen) atoms. The van der Waals surface area contributed by atoms with Crippen molar-refractivity contribution in [2.75, 3.05) is 20.3 Å². The number of amides is 1. The highest BCUT2D eigenvalue weighted by atomic mass is 19.1. The molecule has 0 bridgehead atoms. The van der Waals surface area contributed by atoms with E-state index in [1.165, 1.54) is 19.2 Å². The smallest absolute Gasteiger partial charge is 0.227 e. The highest BCUT2D eigenvalue weighted by Gasteiger charge is 2.33. The van der Waals surface area contributed by atoms with E-state index in [2.05, 4.69) is 0 Å². The van der Waals surface area contributed by atoms with Crippen molar-refractivity contribution in [3.8, 4) is 5.75 Å². The van der Waals surface area contributed by atoms with Gasteiger partial charge < -0.3 is 14.7 Å². The second-order valence-electron chi connectivity index (χ2n) is 5.25. The van der Waals surface area contributed by atoms with Crippen LogP contribution in [0.4, 0.5) is 4.39 Å². The van der Waals surface area contributed by atoms with Gasteiger partial charge in [-0.3, -0.25) is 4.79 Å². The molecule has 1 aromatic carbocycles. The third-order valence-corrected chi connectivity index (χ3v) is 3.96. The summed E-state index contributed by atoms with van der Waals surface area (Å²) in [5, 5.41) is 9.36. The fourth-order valence-corrected chi connectivity index (χ4v) is 2.69. The van der Waals surface area contributed by atoms with Crippen LogP contribution in [0.1, 0.15) is 18.9 Å². The van der Waals surface area contributed by atoms with E-state index in [1.807, 2.05) is 6.92 Å². The van der Waals surface area contributed by atoms with Crippen LogP contribution in [-0.4, -0.2) is 42.2 Å². The Labute approximate surface area is 118 Å². The van der Waals surface area contributed by atoms with Gasteiger partial charge in [0.2, 0.25) is 5.91 Å². The number of halogens is 1. The number of nitrogens with zero attached hydrogens (tertiary/aromatic N) is 1. The van der Waals surface area contributed by atoms with Crippen LogP contribution < -0.4 is 4.74 Å². The minimum absolute atomic E-state index is 0.0239. The van der Waals surface area contributed by atoms with E-state index in [0.29, 0.717) is 18.0 Å². The number of rotatable bonds is 4. The summed E-state index contributed by atoms with van der Waals surface area (Å²) in [6.07, 6.45) is 1.04. The number of carbonyl (C=O) groups is 1. The van der Waals surface area contributed by atoms with Gasteiger partial charge in [0.05, 0.1) is 26.2 Å². The van der Waals surface area contributed by atoms with Crippen LogP contribution in [0, 0.1) is 11.7 Å². The minimum Gasteiger partial charge on any atom is -0.494 e. The lowest BCUT2D eigenvalue weighted by Crippen LogP contribution is -2.40. The van der Waals surface area contributed by atoms with Crippen molar-refractivity contribution in [2.24, 2.45) is 5.92 Å². The maximum Gasteiger partial charge on any atom is 0.227 e. The molecule has 0 aliphatic carbocycles. The van der Waals surface area contributed by atoms with Crippen LogP contribution in [0.3, 0.4) is 0 Å². The lowest BCUT2D eigenvalue weighted by atomic mass is 10.0. The van der Waals surface area contributed by atoms with Gasteiger partial charge in [0.15, 0.2) is 11.6 Å². The molecule has 2 unspecified atom stereocenters. The Kier molecular flexibility index (Phi) is 4.60. The van der Waals surface area contributed by atoms with Gasteiger partial charge in [-0.15, -0.1) is 0 Å². The molecule has 4 nitrogen and oxygen atoms in total. The zero-order valence-electron chi connectivity index (χ0n) is 11.8. The maximum absolute atomic E-state index is 13.6. The fraction of sp³-hybridized carbons (Fsp3) is 0.533. The highest BCUT2D eigenvalue weighted by molar-refractivity contribution is 5.79. The molecule has 1 heterocycles. The molecule has 1 aliphatic heterocycles. The molecule has 5 heteroatoms. The van der Waals surface area contributed by atoms with E-state index in [-0.39, 0.29) is 30.7 Å². The Hall–Kier alpha value is -1.62. The van der Waals surface area contributed by atoms with Crippen molar-refractivity contribution >= 4 is 5.91 Å². The Morgan fingerprint density at radius 3 is 2.90 bits per heavy atom. The quantitative estimate of drug-likeness (QED) is 0.912. The van der Waals surface area contributed by atoms with Crippen molar-refractivity contribution in [2.45, 2.75) is 25.8 Å². The molecule has 2 atom stereocenters. The summed E-state index contributed by atoms with van der Waals surface area (Å²) in [6, 6.07) is 4.41. The first kappa shape index (κ1) is 14.8. The molecule has 1 amide bonds. The number of methoxy groups -OCH3 is 1. The molecule has 1 aromatic rings. The second-order valence-corrected chi connectivity index (χ2v) is 5.25. The van der Waals surface area contributed by atoms with Crippen LogP contribution in [0.2, 0.25) is 0 Å². The number of ether oxygens (including phenoxy) is 1. The first-order valence-electron chi connectivity index (χ1n) is 6.79. The summed E-state index contributed by atoms with van der Waals surface area (Å²) in [4.78, 5) is 14.0. The lowest BCUT2D eigenvalue weighted by Gasteiger charge is -2.25. The van der Waals surface area contributed by atoms with Gasteiger partial charge >= 0.3 is 0 Å². The van der Waals surface area contributed by atoms with Crippen LogP contribution in [0.15, 0.2) is 18.2 Å². The average molecular weight is 281 g/mol. The SMILES string of the molecule is COc1ccc(CC(=O)N2CCC(C)C2CO)cc1F. The topological polar surface area (TPSA) is 49.8 Å².